The highest BCUT2D eigenvalue weighted by Crippen LogP contribution is 2.52. The normalized spacial score (nSPS) is 11.4. The van der Waals surface area contributed by atoms with Gasteiger partial charge in [-0.2, -0.15) is 0 Å². The number of anilines is 6. The maximum absolute atomic E-state index is 2.44. The van der Waals surface area contributed by atoms with Crippen LogP contribution < -0.4 is 9.80 Å². The average molecular weight is 1630 g/mol. The molecule has 0 saturated carbocycles. The number of aromatic nitrogens is 2. The highest BCUT2D eigenvalue weighted by molar-refractivity contribution is 6.26. The van der Waals surface area contributed by atoms with Gasteiger partial charge in [0.05, 0.1) is 27.8 Å². The van der Waals surface area contributed by atoms with Gasteiger partial charge in [0, 0.05) is 66.7 Å². The van der Waals surface area contributed by atoms with Gasteiger partial charge in [0.1, 0.15) is 0 Å². The molecule has 0 aliphatic carbocycles. The van der Waals surface area contributed by atoms with E-state index in [4.69, 9.17) is 0 Å². The number of hydrogen-bond donors (Lipinski definition) is 0. The molecule has 0 bridgehead atoms. The van der Waals surface area contributed by atoms with E-state index in [1.807, 2.05) is 0 Å². The second-order valence-corrected chi connectivity index (χ2v) is 32.9. The summed E-state index contributed by atoms with van der Waals surface area (Å²) in [5, 5.41) is 14.7. The van der Waals surface area contributed by atoms with Crippen molar-refractivity contribution in [1.82, 2.24) is 9.13 Å². The monoisotopic (exact) mass is 1630 g/mol. The van der Waals surface area contributed by atoms with Crippen molar-refractivity contribution in [2.75, 3.05) is 9.80 Å². The molecule has 0 radical (unpaired) electrons. The van der Waals surface area contributed by atoms with Gasteiger partial charge < -0.3 is 18.9 Å². The van der Waals surface area contributed by atoms with E-state index < -0.39 is 0 Å². The maximum atomic E-state index is 2.44. The molecular weight excluding hydrogens is 1550 g/mol. The number of rotatable bonds is 16. The molecule has 0 fully saturated rings. The first-order valence-corrected chi connectivity index (χ1v) is 44.0. The highest BCUT2D eigenvalue weighted by atomic mass is 15.2. The Balaban J connectivity index is 0.000000146. The van der Waals surface area contributed by atoms with Gasteiger partial charge in [-0.25, -0.2) is 0 Å². The third kappa shape index (κ3) is 13.8. The zero-order chi connectivity index (χ0) is 84.8. The summed E-state index contributed by atoms with van der Waals surface area (Å²) < 4.78 is 4.77. The van der Waals surface area contributed by atoms with E-state index in [0.717, 1.165) is 45.5 Å². The van der Waals surface area contributed by atoms with Crippen molar-refractivity contribution >= 4 is 121 Å². The molecule has 2 aromatic heterocycles. The van der Waals surface area contributed by atoms with Gasteiger partial charge in [-0.15, -0.1) is 0 Å². The van der Waals surface area contributed by atoms with Crippen LogP contribution in [0.25, 0.3) is 187 Å². The van der Waals surface area contributed by atoms with E-state index in [1.54, 1.807) is 0 Å². The van der Waals surface area contributed by atoms with Gasteiger partial charge in [0.15, 0.2) is 0 Å². The first-order chi connectivity index (χ1) is 63.5. The van der Waals surface area contributed by atoms with Crippen molar-refractivity contribution in [2.24, 2.45) is 0 Å². The standard InChI is InChI=1S/2C62H42N2/c1-4-17-43(18-5-1)45-31-35-47(36-32-45)60-54-25-10-11-26-55(54)61(48-37-33-46(34-38-48)44-19-6-2-7-20-44)62-56(60)27-16-30-59(62)63(49-21-8-3-9-22-49)50-39-41-51(42-40-50)64-57-28-14-12-23-52(57)53-24-13-15-29-58(53)64;1-4-16-43(17-5-1)45-28-32-47(33-29-45)61-55-24-10-11-25-56(55)62(48-34-30-46(31-35-48)44-18-6-2-7-19-44)58-42-52(40-41-57(58)61)63(49-20-8-3-9-21-49)50-36-38-51(39-37-50)64-59-26-14-12-22-53(59)54-23-13-15-27-60(54)64/h2*1-42H. The fourth-order valence-electron chi connectivity index (χ4n) is 19.7. The zero-order valence-electron chi connectivity index (χ0n) is 70.3. The molecule has 0 unspecified atom stereocenters. The third-order valence-electron chi connectivity index (χ3n) is 25.6. The maximum Gasteiger partial charge on any atom is 0.0546 e. The first-order valence-electron chi connectivity index (χ1n) is 44.0. The summed E-state index contributed by atoms with van der Waals surface area (Å²) >= 11 is 0. The van der Waals surface area contributed by atoms with Crippen LogP contribution in [0.2, 0.25) is 0 Å². The summed E-state index contributed by atoms with van der Waals surface area (Å²) in [4.78, 5) is 4.83. The molecule has 22 aromatic carbocycles. The second-order valence-electron chi connectivity index (χ2n) is 32.9. The minimum absolute atomic E-state index is 1.08. The van der Waals surface area contributed by atoms with Gasteiger partial charge in [0.2, 0.25) is 0 Å². The number of fused-ring (bicyclic) bond motifs is 10. The molecule has 4 heteroatoms. The Hall–Kier alpha value is -16.9. The Morgan fingerprint density at radius 1 is 0.133 bits per heavy atom. The second kappa shape index (κ2) is 33.0. The Bertz CT molecular complexity index is 7990. The SMILES string of the molecule is c1ccc(-c2ccc(-c3c4ccccc4c(-c4ccc(-c5ccccc5)cc4)c4c(N(c5ccccc5)c5ccc(-n6c7ccccc7c7ccccc76)cc5)cccc34)cc2)cc1.c1ccc(-c2ccc(-c3c4ccccc4c(-c4ccc(-c5ccccc5)cc4)c4cc(N(c5ccccc5)c5ccc(-n6c7ccccc7c7ccccc76)cc5)ccc34)cc2)cc1. The summed E-state index contributed by atoms with van der Waals surface area (Å²) in [5.74, 6) is 0. The van der Waals surface area contributed by atoms with Crippen LogP contribution in [-0.4, -0.2) is 9.13 Å². The van der Waals surface area contributed by atoms with Gasteiger partial charge in [-0.05, 0) is 242 Å². The van der Waals surface area contributed by atoms with Crippen LogP contribution in [0.4, 0.5) is 34.1 Å². The summed E-state index contributed by atoms with van der Waals surface area (Å²) in [6, 6.07) is 185. The number of benzene rings is 22. The molecule has 0 aliphatic rings. The smallest absolute Gasteiger partial charge is 0.0546 e. The largest absolute Gasteiger partial charge is 0.310 e. The van der Waals surface area contributed by atoms with Crippen molar-refractivity contribution in [2.45, 2.75) is 0 Å². The van der Waals surface area contributed by atoms with Gasteiger partial charge in [0.25, 0.3) is 0 Å². The first kappa shape index (κ1) is 76.0. The van der Waals surface area contributed by atoms with Crippen LogP contribution >= 0.6 is 0 Å². The Morgan fingerprint density at radius 2 is 0.367 bits per heavy atom. The Morgan fingerprint density at radius 3 is 0.727 bits per heavy atom. The lowest BCUT2D eigenvalue weighted by atomic mass is 9.84. The number of para-hydroxylation sites is 6. The van der Waals surface area contributed by atoms with Crippen LogP contribution in [0.5, 0.6) is 0 Å². The minimum Gasteiger partial charge on any atom is -0.310 e. The quantitative estimate of drug-likeness (QED) is 0.0897. The fourth-order valence-corrected chi connectivity index (χ4v) is 19.7. The van der Waals surface area contributed by atoms with Gasteiger partial charge in [-0.1, -0.05) is 394 Å². The lowest BCUT2D eigenvalue weighted by Crippen LogP contribution is -2.11. The van der Waals surface area contributed by atoms with Crippen LogP contribution in [0.3, 0.4) is 0 Å². The summed E-state index contributed by atoms with van der Waals surface area (Å²) in [6.45, 7) is 0. The van der Waals surface area contributed by atoms with Crippen LogP contribution in [-0.2, 0) is 0 Å². The molecule has 0 amide bonds. The Labute approximate surface area is 744 Å². The molecule has 4 nitrogen and oxygen atoms in total. The molecule has 128 heavy (non-hydrogen) atoms. The lowest BCUT2D eigenvalue weighted by molar-refractivity contribution is 1.17. The van der Waals surface area contributed by atoms with E-state index in [-0.39, 0.29) is 0 Å². The molecule has 24 rings (SSSR count). The van der Waals surface area contributed by atoms with Crippen LogP contribution in [0, 0.1) is 0 Å². The van der Waals surface area contributed by atoms with Crippen LogP contribution in [0.15, 0.2) is 510 Å². The zero-order valence-corrected chi connectivity index (χ0v) is 70.3. The molecule has 0 spiro atoms. The number of hydrogen-bond acceptors (Lipinski definition) is 2. The summed E-state index contributed by atoms with van der Waals surface area (Å²) in [5.41, 5.74) is 32.9. The number of nitrogens with zero attached hydrogens (tertiary/aromatic N) is 4. The van der Waals surface area contributed by atoms with Crippen molar-refractivity contribution in [3.8, 4) is 100 Å². The van der Waals surface area contributed by atoms with Crippen molar-refractivity contribution in [3.63, 3.8) is 0 Å². The predicted molar refractivity (Wildman–Crippen MR) is 544 cm³/mol. The van der Waals surface area contributed by atoms with E-state index in [1.165, 1.54) is 176 Å². The van der Waals surface area contributed by atoms with Gasteiger partial charge >= 0.3 is 0 Å². The van der Waals surface area contributed by atoms with Crippen molar-refractivity contribution < 1.29 is 0 Å². The highest BCUT2D eigenvalue weighted by Gasteiger charge is 2.27. The van der Waals surface area contributed by atoms with Gasteiger partial charge in [-0.3, -0.25) is 0 Å². The molecule has 24 aromatic rings. The van der Waals surface area contributed by atoms with Crippen LogP contribution in [0.1, 0.15) is 0 Å². The minimum atomic E-state index is 1.08. The molecule has 0 atom stereocenters. The lowest BCUT2D eigenvalue weighted by Gasteiger charge is -2.29. The van der Waals surface area contributed by atoms with E-state index in [9.17, 15) is 0 Å². The molecule has 0 saturated heterocycles. The Kier molecular flexibility index (Phi) is 19.6. The average Bonchev–Trinajstić information content (AvgIpc) is 1.20. The third-order valence-corrected chi connectivity index (χ3v) is 25.6. The molecule has 2 heterocycles. The van der Waals surface area contributed by atoms with E-state index in [2.05, 4.69) is 529 Å². The summed E-state index contributed by atoms with van der Waals surface area (Å²) in [6.07, 6.45) is 0. The topological polar surface area (TPSA) is 16.3 Å². The molecule has 0 N–H and O–H groups in total. The van der Waals surface area contributed by atoms with E-state index >= 15 is 0 Å². The fraction of sp³-hybridized carbons (Fsp3) is 0. The van der Waals surface area contributed by atoms with Crippen molar-refractivity contribution in [3.05, 3.63) is 510 Å². The molecule has 600 valence electrons. The van der Waals surface area contributed by atoms with Crippen molar-refractivity contribution in [1.29, 1.82) is 0 Å². The molecular formula is C124H84N4. The predicted octanol–water partition coefficient (Wildman–Crippen LogP) is 34.5. The van der Waals surface area contributed by atoms with E-state index in [0.29, 0.717) is 0 Å². The summed E-state index contributed by atoms with van der Waals surface area (Å²) in [7, 11) is 0. The molecule has 0 aliphatic heterocycles.